The SMILES string of the molecule is Nc1c[nH]cc1-c1ccc(F)c(NCC2CCNCC2)c1. The molecule has 5 N–H and O–H groups in total. The Bertz CT molecular complexity index is 602. The molecule has 5 heteroatoms. The van der Waals surface area contributed by atoms with Crippen LogP contribution in [0.5, 0.6) is 0 Å². The van der Waals surface area contributed by atoms with E-state index in [0.29, 0.717) is 17.3 Å². The summed E-state index contributed by atoms with van der Waals surface area (Å²) in [5, 5.41) is 6.59. The van der Waals surface area contributed by atoms with E-state index in [2.05, 4.69) is 15.6 Å². The molecule has 0 spiro atoms. The van der Waals surface area contributed by atoms with Gasteiger partial charge in [-0.25, -0.2) is 4.39 Å². The first kappa shape index (κ1) is 13.9. The molecule has 1 fully saturated rings. The Morgan fingerprint density at radius 3 is 2.76 bits per heavy atom. The van der Waals surface area contributed by atoms with E-state index in [-0.39, 0.29) is 5.82 Å². The highest BCUT2D eigenvalue weighted by Gasteiger charge is 2.14. The normalized spacial score (nSPS) is 16.0. The fraction of sp³-hybridized carbons (Fsp3) is 0.375. The Hall–Kier alpha value is -2.01. The molecule has 21 heavy (non-hydrogen) atoms. The standard InChI is InChI=1S/C16H21FN4/c17-14-2-1-12(13-9-20-10-15(13)18)7-16(14)21-8-11-3-5-19-6-4-11/h1-2,7,9-11,19-21H,3-6,8,18H2. The summed E-state index contributed by atoms with van der Waals surface area (Å²) >= 11 is 0. The molecule has 1 aromatic heterocycles. The topological polar surface area (TPSA) is 65.9 Å². The lowest BCUT2D eigenvalue weighted by atomic mass is 9.98. The van der Waals surface area contributed by atoms with Crippen LogP contribution in [0.1, 0.15) is 12.8 Å². The number of hydrogen-bond donors (Lipinski definition) is 4. The number of piperidine rings is 1. The summed E-state index contributed by atoms with van der Waals surface area (Å²) in [6.07, 6.45) is 5.85. The zero-order valence-electron chi connectivity index (χ0n) is 12.0. The summed E-state index contributed by atoms with van der Waals surface area (Å²) in [4.78, 5) is 2.97. The average Bonchev–Trinajstić information content (AvgIpc) is 2.94. The molecule has 1 aliphatic heterocycles. The van der Waals surface area contributed by atoms with Gasteiger partial charge in [-0.3, -0.25) is 0 Å². The highest BCUT2D eigenvalue weighted by molar-refractivity contribution is 5.77. The number of nitrogens with one attached hydrogen (secondary N) is 3. The Labute approximate surface area is 123 Å². The molecule has 2 aromatic rings. The lowest BCUT2D eigenvalue weighted by Crippen LogP contribution is -2.31. The molecule has 0 saturated carbocycles. The molecule has 112 valence electrons. The lowest BCUT2D eigenvalue weighted by molar-refractivity contribution is 0.389. The second kappa shape index (κ2) is 6.18. The third-order valence-corrected chi connectivity index (χ3v) is 4.09. The minimum Gasteiger partial charge on any atom is -0.397 e. The van der Waals surface area contributed by atoms with E-state index in [0.717, 1.165) is 43.6 Å². The van der Waals surface area contributed by atoms with E-state index in [1.165, 1.54) is 6.07 Å². The summed E-state index contributed by atoms with van der Waals surface area (Å²) in [5.74, 6) is 0.383. The van der Waals surface area contributed by atoms with E-state index >= 15 is 0 Å². The lowest BCUT2D eigenvalue weighted by Gasteiger charge is -2.23. The first-order valence-corrected chi connectivity index (χ1v) is 7.41. The van der Waals surface area contributed by atoms with Crippen LogP contribution < -0.4 is 16.4 Å². The van der Waals surface area contributed by atoms with Gasteiger partial charge in [-0.2, -0.15) is 0 Å². The molecule has 1 aliphatic rings. The van der Waals surface area contributed by atoms with Crippen LogP contribution in [-0.2, 0) is 0 Å². The van der Waals surface area contributed by atoms with Crippen molar-refractivity contribution in [2.75, 3.05) is 30.7 Å². The van der Waals surface area contributed by atoms with Gasteiger partial charge in [0.2, 0.25) is 0 Å². The maximum absolute atomic E-state index is 14.0. The van der Waals surface area contributed by atoms with Crippen molar-refractivity contribution in [1.82, 2.24) is 10.3 Å². The van der Waals surface area contributed by atoms with Crippen LogP contribution >= 0.6 is 0 Å². The molecule has 3 rings (SSSR count). The second-order valence-corrected chi connectivity index (χ2v) is 5.59. The smallest absolute Gasteiger partial charge is 0.146 e. The number of halogens is 1. The van der Waals surface area contributed by atoms with Gasteiger partial charge in [0.15, 0.2) is 0 Å². The molecule has 0 radical (unpaired) electrons. The number of hydrogen-bond acceptors (Lipinski definition) is 3. The van der Waals surface area contributed by atoms with Gasteiger partial charge in [0.05, 0.1) is 11.4 Å². The largest absolute Gasteiger partial charge is 0.397 e. The molecule has 0 aliphatic carbocycles. The number of H-pyrrole nitrogens is 1. The molecule has 0 unspecified atom stereocenters. The Morgan fingerprint density at radius 2 is 2.05 bits per heavy atom. The molecule has 2 heterocycles. The van der Waals surface area contributed by atoms with Crippen LogP contribution in [0.25, 0.3) is 11.1 Å². The highest BCUT2D eigenvalue weighted by Crippen LogP contribution is 2.29. The van der Waals surface area contributed by atoms with Crippen LogP contribution in [-0.4, -0.2) is 24.6 Å². The van der Waals surface area contributed by atoms with Gasteiger partial charge in [-0.1, -0.05) is 6.07 Å². The van der Waals surface area contributed by atoms with Gasteiger partial charge in [0.1, 0.15) is 5.82 Å². The number of nitrogen functional groups attached to an aromatic ring is 1. The van der Waals surface area contributed by atoms with E-state index in [4.69, 9.17) is 5.73 Å². The van der Waals surface area contributed by atoms with Crippen molar-refractivity contribution < 1.29 is 4.39 Å². The van der Waals surface area contributed by atoms with Crippen molar-refractivity contribution in [3.05, 3.63) is 36.4 Å². The van der Waals surface area contributed by atoms with E-state index in [1.807, 2.05) is 12.3 Å². The summed E-state index contributed by atoms with van der Waals surface area (Å²) in [7, 11) is 0. The van der Waals surface area contributed by atoms with Crippen molar-refractivity contribution in [2.24, 2.45) is 5.92 Å². The van der Waals surface area contributed by atoms with Crippen LogP contribution in [0.3, 0.4) is 0 Å². The summed E-state index contributed by atoms with van der Waals surface area (Å²) in [6.45, 7) is 2.91. The van der Waals surface area contributed by atoms with Crippen molar-refractivity contribution in [3.63, 3.8) is 0 Å². The number of aromatic amines is 1. The summed E-state index contributed by atoms with van der Waals surface area (Å²) in [6, 6.07) is 5.08. The monoisotopic (exact) mass is 288 g/mol. The van der Waals surface area contributed by atoms with Gasteiger partial charge < -0.3 is 21.4 Å². The Morgan fingerprint density at radius 1 is 1.24 bits per heavy atom. The number of benzene rings is 1. The first-order chi connectivity index (χ1) is 10.2. The third-order valence-electron chi connectivity index (χ3n) is 4.09. The van der Waals surface area contributed by atoms with Crippen molar-refractivity contribution in [3.8, 4) is 11.1 Å². The van der Waals surface area contributed by atoms with Gasteiger partial charge in [0, 0.05) is 24.5 Å². The molecule has 4 nitrogen and oxygen atoms in total. The predicted octanol–water partition coefficient (Wildman–Crippen LogP) is 2.81. The Balaban J connectivity index is 1.73. The highest BCUT2D eigenvalue weighted by atomic mass is 19.1. The van der Waals surface area contributed by atoms with Crippen LogP contribution in [0.15, 0.2) is 30.6 Å². The Kier molecular flexibility index (Phi) is 4.10. The maximum atomic E-state index is 14.0. The third kappa shape index (κ3) is 3.19. The molecule has 1 aromatic carbocycles. The van der Waals surface area contributed by atoms with Gasteiger partial charge in [-0.15, -0.1) is 0 Å². The fourth-order valence-electron chi connectivity index (χ4n) is 2.79. The number of aromatic nitrogens is 1. The maximum Gasteiger partial charge on any atom is 0.146 e. The average molecular weight is 288 g/mol. The predicted molar refractivity (Wildman–Crippen MR) is 84.7 cm³/mol. The van der Waals surface area contributed by atoms with E-state index in [9.17, 15) is 4.39 Å². The zero-order valence-corrected chi connectivity index (χ0v) is 12.0. The van der Waals surface area contributed by atoms with Gasteiger partial charge in [-0.05, 0) is 49.5 Å². The van der Waals surface area contributed by atoms with Crippen molar-refractivity contribution in [1.29, 1.82) is 0 Å². The van der Waals surface area contributed by atoms with Crippen LogP contribution in [0.2, 0.25) is 0 Å². The van der Waals surface area contributed by atoms with Gasteiger partial charge in [0.25, 0.3) is 0 Å². The molecule has 1 saturated heterocycles. The van der Waals surface area contributed by atoms with Crippen molar-refractivity contribution >= 4 is 11.4 Å². The van der Waals surface area contributed by atoms with E-state index in [1.54, 1.807) is 12.3 Å². The van der Waals surface area contributed by atoms with Gasteiger partial charge >= 0.3 is 0 Å². The minimum absolute atomic E-state index is 0.221. The molecule has 0 atom stereocenters. The summed E-state index contributed by atoms with van der Waals surface area (Å²) in [5.41, 5.74) is 8.94. The molecule has 0 bridgehead atoms. The zero-order chi connectivity index (χ0) is 14.7. The van der Waals surface area contributed by atoms with Crippen molar-refractivity contribution in [2.45, 2.75) is 12.8 Å². The van der Waals surface area contributed by atoms with Crippen LogP contribution in [0, 0.1) is 11.7 Å². The first-order valence-electron chi connectivity index (χ1n) is 7.41. The van der Waals surface area contributed by atoms with Crippen LogP contribution in [0.4, 0.5) is 15.8 Å². The summed E-state index contributed by atoms with van der Waals surface area (Å²) < 4.78 is 14.0. The second-order valence-electron chi connectivity index (χ2n) is 5.59. The number of nitrogens with two attached hydrogens (primary N) is 1. The quantitative estimate of drug-likeness (QED) is 0.699. The number of rotatable bonds is 4. The van der Waals surface area contributed by atoms with E-state index < -0.39 is 0 Å². The molecule has 0 amide bonds. The minimum atomic E-state index is -0.221. The number of anilines is 2. The molecular weight excluding hydrogens is 267 g/mol. The molecular formula is C16H21FN4. The fourth-order valence-corrected chi connectivity index (χ4v) is 2.79.